The van der Waals surface area contributed by atoms with Gasteiger partial charge in [-0.2, -0.15) is 4.98 Å². The molecule has 2 amide bonds. The lowest BCUT2D eigenvalue weighted by Crippen LogP contribution is -2.24. The first kappa shape index (κ1) is 14.2. The van der Waals surface area contributed by atoms with Gasteiger partial charge in [-0.25, -0.2) is 0 Å². The van der Waals surface area contributed by atoms with Crippen LogP contribution in [0.4, 0.5) is 0 Å². The molecule has 1 aromatic heterocycles. The zero-order valence-corrected chi connectivity index (χ0v) is 12.2. The fraction of sp³-hybridized carbons (Fsp3) is 0.333. The molecular formula is C15H16N4O3. The summed E-state index contributed by atoms with van der Waals surface area (Å²) in [6.07, 6.45) is 1.16. The van der Waals surface area contributed by atoms with Crippen LogP contribution in [0.1, 0.15) is 41.0 Å². The predicted octanol–water partition coefficient (Wildman–Crippen LogP) is 1.29. The highest BCUT2D eigenvalue weighted by Crippen LogP contribution is 2.29. The van der Waals surface area contributed by atoms with Crippen LogP contribution in [0.3, 0.4) is 0 Å². The van der Waals surface area contributed by atoms with Crippen molar-refractivity contribution in [3.05, 3.63) is 47.6 Å². The third-order valence-corrected chi connectivity index (χ3v) is 3.70. The van der Waals surface area contributed by atoms with Gasteiger partial charge < -0.3 is 14.7 Å². The van der Waals surface area contributed by atoms with Crippen molar-refractivity contribution in [2.75, 3.05) is 7.05 Å². The van der Waals surface area contributed by atoms with E-state index in [4.69, 9.17) is 4.52 Å². The topological polar surface area (TPSA) is 88.3 Å². The molecule has 1 fully saturated rings. The van der Waals surface area contributed by atoms with Crippen LogP contribution in [-0.2, 0) is 11.3 Å². The van der Waals surface area contributed by atoms with E-state index < -0.39 is 0 Å². The van der Waals surface area contributed by atoms with E-state index in [0.717, 1.165) is 0 Å². The molecule has 7 nitrogen and oxygen atoms in total. The Balaban J connectivity index is 1.61. The number of nitrogens with one attached hydrogen (secondary N) is 1. The minimum absolute atomic E-state index is 0.0714. The Morgan fingerprint density at radius 1 is 1.41 bits per heavy atom. The third-order valence-electron chi connectivity index (χ3n) is 3.70. The number of nitrogens with zero attached hydrogens (tertiary/aromatic N) is 3. The van der Waals surface area contributed by atoms with Gasteiger partial charge in [0.2, 0.25) is 11.8 Å². The first-order valence-corrected chi connectivity index (χ1v) is 7.06. The van der Waals surface area contributed by atoms with E-state index in [0.29, 0.717) is 30.1 Å². The lowest BCUT2D eigenvalue weighted by molar-refractivity contribution is -0.127. The zero-order valence-electron chi connectivity index (χ0n) is 12.2. The van der Waals surface area contributed by atoms with Crippen LogP contribution in [0.25, 0.3) is 0 Å². The molecule has 7 heteroatoms. The molecule has 3 rings (SSSR count). The molecule has 114 valence electrons. The summed E-state index contributed by atoms with van der Waals surface area (Å²) in [6, 6.07) is 8.75. The molecule has 1 atom stereocenters. The monoisotopic (exact) mass is 300 g/mol. The van der Waals surface area contributed by atoms with Crippen LogP contribution in [0.15, 0.2) is 34.9 Å². The first-order valence-electron chi connectivity index (χ1n) is 7.06. The molecule has 1 aromatic carbocycles. The molecule has 1 N–H and O–H groups in total. The molecule has 0 bridgehead atoms. The number of benzene rings is 1. The summed E-state index contributed by atoms with van der Waals surface area (Å²) in [7, 11) is 1.72. The lowest BCUT2D eigenvalue weighted by atomic mass is 10.2. The number of carbonyl (C=O) groups is 2. The van der Waals surface area contributed by atoms with Gasteiger partial charge in [-0.05, 0) is 18.6 Å². The second-order valence-electron chi connectivity index (χ2n) is 5.16. The molecule has 1 aliphatic rings. The predicted molar refractivity (Wildman–Crippen MR) is 76.7 cm³/mol. The maximum Gasteiger partial charge on any atom is 0.251 e. The molecule has 1 saturated heterocycles. The van der Waals surface area contributed by atoms with Gasteiger partial charge in [-0.3, -0.25) is 9.59 Å². The standard InChI is InChI=1S/C15H16N4O3/c1-19-11(7-8-13(19)20)15-17-12(18-22-15)9-16-14(21)10-5-3-2-4-6-10/h2-6,11H,7-9H2,1H3,(H,16,21)/t11-/m0/s1. The van der Waals surface area contributed by atoms with Gasteiger partial charge >= 0.3 is 0 Å². The Bertz CT molecular complexity index is 683. The second-order valence-corrected chi connectivity index (χ2v) is 5.16. The Morgan fingerprint density at radius 3 is 2.86 bits per heavy atom. The summed E-state index contributed by atoms with van der Waals surface area (Å²) in [5.41, 5.74) is 0.576. The SMILES string of the molecule is CN1C(=O)CC[C@H]1c1nc(CNC(=O)c2ccccc2)no1. The molecular weight excluding hydrogens is 284 g/mol. The van der Waals surface area contributed by atoms with Gasteiger partial charge in [0.1, 0.15) is 6.04 Å². The highest BCUT2D eigenvalue weighted by Gasteiger charge is 2.33. The van der Waals surface area contributed by atoms with Crippen LogP contribution in [0, 0.1) is 0 Å². The highest BCUT2D eigenvalue weighted by atomic mass is 16.5. The molecule has 0 aliphatic carbocycles. The maximum atomic E-state index is 11.9. The highest BCUT2D eigenvalue weighted by molar-refractivity contribution is 5.93. The van der Waals surface area contributed by atoms with Gasteiger partial charge in [0.15, 0.2) is 5.82 Å². The van der Waals surface area contributed by atoms with Crippen molar-refractivity contribution >= 4 is 11.8 Å². The normalized spacial score (nSPS) is 17.8. The number of amides is 2. The van der Waals surface area contributed by atoms with E-state index in [2.05, 4.69) is 15.5 Å². The molecule has 0 spiro atoms. The Morgan fingerprint density at radius 2 is 2.18 bits per heavy atom. The summed E-state index contributed by atoms with van der Waals surface area (Å²) in [4.78, 5) is 29.3. The minimum Gasteiger partial charge on any atom is -0.345 e. The molecule has 2 heterocycles. The van der Waals surface area contributed by atoms with E-state index in [1.807, 2.05) is 6.07 Å². The fourth-order valence-electron chi connectivity index (χ4n) is 2.42. The number of rotatable bonds is 4. The number of likely N-dealkylation sites (tertiary alicyclic amines) is 1. The number of aromatic nitrogens is 2. The molecule has 1 aliphatic heterocycles. The Hall–Kier alpha value is -2.70. The van der Waals surface area contributed by atoms with Crippen LogP contribution >= 0.6 is 0 Å². The Kier molecular flexibility index (Phi) is 3.86. The third kappa shape index (κ3) is 2.83. The van der Waals surface area contributed by atoms with Gasteiger partial charge in [0, 0.05) is 19.0 Å². The summed E-state index contributed by atoms with van der Waals surface area (Å²) in [6.45, 7) is 0.182. The van der Waals surface area contributed by atoms with Crippen molar-refractivity contribution in [3.63, 3.8) is 0 Å². The molecule has 0 saturated carbocycles. The molecule has 22 heavy (non-hydrogen) atoms. The van der Waals surface area contributed by atoms with Crippen molar-refractivity contribution in [2.24, 2.45) is 0 Å². The van der Waals surface area contributed by atoms with E-state index >= 15 is 0 Å². The van der Waals surface area contributed by atoms with Crippen LogP contribution < -0.4 is 5.32 Å². The zero-order chi connectivity index (χ0) is 15.5. The van der Waals surface area contributed by atoms with E-state index in [-0.39, 0.29) is 24.4 Å². The van der Waals surface area contributed by atoms with E-state index in [1.54, 1.807) is 36.2 Å². The quantitative estimate of drug-likeness (QED) is 0.919. The summed E-state index contributed by atoms with van der Waals surface area (Å²) < 4.78 is 5.20. The minimum atomic E-state index is -0.194. The summed E-state index contributed by atoms with van der Waals surface area (Å²) in [5, 5.41) is 6.58. The summed E-state index contributed by atoms with van der Waals surface area (Å²) in [5.74, 6) is 0.687. The first-order chi connectivity index (χ1) is 10.6. The summed E-state index contributed by atoms with van der Waals surface area (Å²) >= 11 is 0. The van der Waals surface area contributed by atoms with Crippen LogP contribution in [0.2, 0.25) is 0 Å². The lowest BCUT2D eigenvalue weighted by Gasteiger charge is -2.14. The van der Waals surface area contributed by atoms with Gasteiger partial charge in [-0.15, -0.1) is 0 Å². The number of hydrogen-bond donors (Lipinski definition) is 1. The second kappa shape index (κ2) is 5.97. The molecule has 2 aromatic rings. The van der Waals surface area contributed by atoms with Gasteiger partial charge in [0.25, 0.3) is 5.91 Å². The smallest absolute Gasteiger partial charge is 0.251 e. The largest absolute Gasteiger partial charge is 0.345 e. The van der Waals surface area contributed by atoms with Crippen molar-refractivity contribution in [3.8, 4) is 0 Å². The van der Waals surface area contributed by atoms with E-state index in [1.165, 1.54) is 0 Å². The van der Waals surface area contributed by atoms with Crippen molar-refractivity contribution in [1.29, 1.82) is 0 Å². The van der Waals surface area contributed by atoms with Gasteiger partial charge in [0.05, 0.1) is 6.54 Å². The van der Waals surface area contributed by atoms with E-state index in [9.17, 15) is 9.59 Å². The Labute approximate surface area is 127 Å². The molecule has 0 radical (unpaired) electrons. The molecule has 0 unspecified atom stereocenters. The van der Waals surface area contributed by atoms with Crippen molar-refractivity contribution < 1.29 is 14.1 Å². The van der Waals surface area contributed by atoms with Crippen LogP contribution in [-0.4, -0.2) is 33.9 Å². The van der Waals surface area contributed by atoms with Gasteiger partial charge in [-0.1, -0.05) is 23.4 Å². The van der Waals surface area contributed by atoms with Crippen LogP contribution in [0.5, 0.6) is 0 Å². The fourth-order valence-corrected chi connectivity index (χ4v) is 2.42. The number of hydrogen-bond acceptors (Lipinski definition) is 5. The van der Waals surface area contributed by atoms with Crippen molar-refractivity contribution in [2.45, 2.75) is 25.4 Å². The number of carbonyl (C=O) groups excluding carboxylic acids is 2. The average Bonchev–Trinajstić information content (AvgIpc) is 3.13. The van der Waals surface area contributed by atoms with Crippen molar-refractivity contribution in [1.82, 2.24) is 20.4 Å². The maximum absolute atomic E-state index is 11.9. The average molecular weight is 300 g/mol.